The van der Waals surface area contributed by atoms with E-state index in [9.17, 15) is 9.59 Å². The van der Waals surface area contributed by atoms with Crippen LogP contribution in [0.4, 0.5) is 0 Å². The monoisotopic (exact) mass is 280 g/mol. The quantitative estimate of drug-likeness (QED) is 0.852. The fraction of sp³-hybridized carbons (Fsp3) is 0.333. The van der Waals surface area contributed by atoms with Crippen LogP contribution in [0.15, 0.2) is 22.2 Å². The number of aromatic amines is 1. The first-order chi connectivity index (χ1) is 8.72. The molecule has 1 aliphatic rings. The molecule has 2 aromatic heterocycles. The number of nitrogens with one attached hydrogen (secondary N) is 1. The van der Waals surface area contributed by atoms with Gasteiger partial charge in [-0.1, -0.05) is 6.08 Å². The number of rotatable bonds is 2. The minimum absolute atomic E-state index is 0.182. The highest BCUT2D eigenvalue weighted by molar-refractivity contribution is 7.98. The molecule has 1 aliphatic heterocycles. The van der Waals surface area contributed by atoms with Gasteiger partial charge in [0.2, 0.25) is 0 Å². The van der Waals surface area contributed by atoms with Crippen LogP contribution in [0.25, 0.3) is 10.2 Å². The van der Waals surface area contributed by atoms with Crippen molar-refractivity contribution < 1.29 is 0 Å². The molecule has 0 aliphatic carbocycles. The van der Waals surface area contributed by atoms with Crippen molar-refractivity contribution >= 4 is 33.3 Å². The minimum atomic E-state index is -0.348. The van der Waals surface area contributed by atoms with E-state index in [0.717, 1.165) is 28.3 Å². The van der Waals surface area contributed by atoms with Gasteiger partial charge >= 0.3 is 5.69 Å². The highest BCUT2D eigenvalue weighted by atomic mass is 32.2. The van der Waals surface area contributed by atoms with Crippen LogP contribution in [0.5, 0.6) is 0 Å². The first kappa shape index (κ1) is 11.8. The van der Waals surface area contributed by atoms with E-state index >= 15 is 0 Å². The van der Waals surface area contributed by atoms with Gasteiger partial charge in [-0.2, -0.15) is 11.8 Å². The molecular formula is C12H12N2O2S2. The molecule has 18 heavy (non-hydrogen) atoms. The first-order valence-corrected chi connectivity index (χ1v) is 7.65. The average molecular weight is 280 g/mol. The van der Waals surface area contributed by atoms with Crippen molar-refractivity contribution in [3.63, 3.8) is 0 Å². The standard InChI is InChI=1S/C12H12N2O2S2/c1-2-4-14-11(15)9-7-3-5-17-6-8(7)18-10(9)13-12(14)16/h2H,1,3-6H2,(H,13,16). The van der Waals surface area contributed by atoms with Crippen LogP contribution in [-0.2, 0) is 18.7 Å². The van der Waals surface area contributed by atoms with Gasteiger partial charge < -0.3 is 0 Å². The van der Waals surface area contributed by atoms with Crippen molar-refractivity contribution in [2.24, 2.45) is 0 Å². The van der Waals surface area contributed by atoms with E-state index in [-0.39, 0.29) is 17.8 Å². The van der Waals surface area contributed by atoms with Crippen molar-refractivity contribution in [1.29, 1.82) is 0 Å². The maximum absolute atomic E-state index is 12.4. The number of H-pyrrole nitrogens is 1. The fourth-order valence-corrected chi connectivity index (χ4v) is 4.60. The Morgan fingerprint density at radius 1 is 1.44 bits per heavy atom. The molecule has 94 valence electrons. The summed E-state index contributed by atoms with van der Waals surface area (Å²) in [5.41, 5.74) is 0.601. The van der Waals surface area contributed by atoms with Crippen LogP contribution in [0, 0.1) is 0 Å². The number of allylic oxidation sites excluding steroid dienone is 1. The van der Waals surface area contributed by atoms with Gasteiger partial charge in [-0.25, -0.2) is 4.79 Å². The van der Waals surface area contributed by atoms with E-state index in [1.54, 1.807) is 6.08 Å². The van der Waals surface area contributed by atoms with Gasteiger partial charge in [0.1, 0.15) is 4.83 Å². The second kappa shape index (κ2) is 4.44. The number of aromatic nitrogens is 2. The maximum Gasteiger partial charge on any atom is 0.329 e. The topological polar surface area (TPSA) is 54.9 Å². The Kier molecular flexibility index (Phi) is 2.91. The van der Waals surface area contributed by atoms with Gasteiger partial charge in [-0.3, -0.25) is 14.3 Å². The van der Waals surface area contributed by atoms with Crippen molar-refractivity contribution in [1.82, 2.24) is 9.55 Å². The Hall–Kier alpha value is -1.27. The summed E-state index contributed by atoms with van der Waals surface area (Å²) in [5, 5.41) is 0.705. The molecule has 0 saturated carbocycles. The van der Waals surface area contributed by atoms with Crippen molar-refractivity contribution in [2.75, 3.05) is 5.75 Å². The van der Waals surface area contributed by atoms with E-state index in [2.05, 4.69) is 11.6 Å². The third-order valence-corrected chi connectivity index (χ3v) is 5.37. The van der Waals surface area contributed by atoms with Gasteiger partial charge in [-0.05, 0) is 17.7 Å². The molecule has 0 aromatic carbocycles. The summed E-state index contributed by atoms with van der Waals surface area (Å²) in [6, 6.07) is 0. The third kappa shape index (κ3) is 1.67. The van der Waals surface area contributed by atoms with Crippen LogP contribution < -0.4 is 11.2 Å². The predicted molar refractivity (Wildman–Crippen MR) is 76.8 cm³/mol. The summed E-state index contributed by atoms with van der Waals surface area (Å²) >= 11 is 3.41. The first-order valence-electron chi connectivity index (χ1n) is 5.68. The lowest BCUT2D eigenvalue weighted by Gasteiger charge is -2.09. The summed E-state index contributed by atoms with van der Waals surface area (Å²) in [5.74, 6) is 1.98. The summed E-state index contributed by atoms with van der Waals surface area (Å²) < 4.78 is 1.21. The van der Waals surface area contributed by atoms with E-state index in [0.29, 0.717) is 5.39 Å². The largest absolute Gasteiger partial charge is 0.329 e. The normalized spacial score (nSPS) is 14.7. The number of fused-ring (bicyclic) bond motifs is 3. The van der Waals surface area contributed by atoms with Gasteiger partial charge in [-0.15, -0.1) is 17.9 Å². The number of thiophene rings is 1. The third-order valence-electron chi connectivity index (χ3n) is 3.06. The van der Waals surface area contributed by atoms with Crippen LogP contribution in [0.2, 0.25) is 0 Å². The van der Waals surface area contributed by atoms with Crippen molar-refractivity contribution in [2.45, 2.75) is 18.7 Å². The highest BCUT2D eigenvalue weighted by Crippen LogP contribution is 2.34. The molecule has 0 atom stereocenters. The second-order valence-corrected chi connectivity index (χ2v) is 6.36. The smallest absolute Gasteiger partial charge is 0.298 e. The molecule has 0 saturated heterocycles. The minimum Gasteiger partial charge on any atom is -0.298 e. The Morgan fingerprint density at radius 2 is 2.28 bits per heavy atom. The second-order valence-electron chi connectivity index (χ2n) is 4.15. The van der Waals surface area contributed by atoms with Gasteiger partial charge in [0, 0.05) is 17.2 Å². The van der Waals surface area contributed by atoms with Crippen LogP contribution in [-0.4, -0.2) is 15.3 Å². The molecule has 0 spiro atoms. The summed E-state index contributed by atoms with van der Waals surface area (Å²) in [6.45, 7) is 3.83. The molecule has 4 nitrogen and oxygen atoms in total. The number of aryl methyl sites for hydroxylation is 1. The number of nitrogens with zero attached hydrogens (tertiary/aromatic N) is 1. The Balaban J connectivity index is 2.39. The van der Waals surface area contributed by atoms with E-state index < -0.39 is 0 Å². The molecule has 0 fully saturated rings. The molecule has 0 bridgehead atoms. The van der Waals surface area contributed by atoms with Gasteiger partial charge in [0.15, 0.2) is 0 Å². The number of thioether (sulfide) groups is 1. The molecule has 6 heteroatoms. The molecule has 0 unspecified atom stereocenters. The zero-order valence-corrected chi connectivity index (χ0v) is 11.3. The average Bonchev–Trinajstić information content (AvgIpc) is 2.72. The molecule has 3 rings (SSSR count). The van der Waals surface area contributed by atoms with Gasteiger partial charge in [0.05, 0.1) is 5.39 Å². The maximum atomic E-state index is 12.4. The SMILES string of the molecule is C=CCn1c(=O)[nH]c2sc3c(c2c1=O)CCSC3. The molecule has 0 radical (unpaired) electrons. The molecule has 2 aromatic rings. The summed E-state index contributed by atoms with van der Waals surface area (Å²) in [7, 11) is 0. The van der Waals surface area contributed by atoms with Crippen molar-refractivity contribution in [3.05, 3.63) is 43.9 Å². The van der Waals surface area contributed by atoms with Crippen LogP contribution in [0.1, 0.15) is 10.4 Å². The van der Waals surface area contributed by atoms with E-state index in [1.807, 2.05) is 11.8 Å². The molecular weight excluding hydrogens is 268 g/mol. The van der Waals surface area contributed by atoms with Gasteiger partial charge in [0.25, 0.3) is 5.56 Å². The summed E-state index contributed by atoms with van der Waals surface area (Å²) in [6.07, 6.45) is 2.48. The number of hydrogen-bond acceptors (Lipinski definition) is 4. The summed E-state index contributed by atoms with van der Waals surface area (Å²) in [4.78, 5) is 28.9. The fourth-order valence-electron chi connectivity index (χ4n) is 2.23. The molecule has 1 N–H and O–H groups in total. The highest BCUT2D eigenvalue weighted by Gasteiger charge is 2.20. The van der Waals surface area contributed by atoms with E-state index in [4.69, 9.17) is 0 Å². The predicted octanol–water partition coefficient (Wildman–Crippen LogP) is 1.73. The van der Waals surface area contributed by atoms with Crippen LogP contribution >= 0.6 is 23.1 Å². The Morgan fingerprint density at radius 3 is 3.06 bits per heavy atom. The van der Waals surface area contributed by atoms with Crippen LogP contribution in [0.3, 0.4) is 0 Å². The number of hydrogen-bond donors (Lipinski definition) is 1. The Labute approximate surface area is 111 Å². The Bertz CT molecular complexity index is 739. The lowest BCUT2D eigenvalue weighted by atomic mass is 10.1. The van der Waals surface area contributed by atoms with E-state index in [1.165, 1.54) is 20.8 Å². The molecule has 3 heterocycles. The zero-order chi connectivity index (χ0) is 12.7. The lowest BCUT2D eigenvalue weighted by molar-refractivity contribution is 0.729. The molecule has 0 amide bonds. The zero-order valence-electron chi connectivity index (χ0n) is 9.69. The lowest BCUT2D eigenvalue weighted by Crippen LogP contribution is -2.34. The van der Waals surface area contributed by atoms with Crippen molar-refractivity contribution in [3.8, 4) is 0 Å².